The maximum atomic E-state index is 12.3. The molecule has 2 N–H and O–H groups in total. The zero-order valence-electron chi connectivity index (χ0n) is 15.0. The van der Waals surface area contributed by atoms with Crippen LogP contribution in [0.5, 0.6) is 5.75 Å². The largest absolute Gasteiger partial charge is 0.493 e. The van der Waals surface area contributed by atoms with Crippen LogP contribution in [0.15, 0.2) is 54.6 Å². The zero-order valence-corrected chi connectivity index (χ0v) is 15.0. The van der Waals surface area contributed by atoms with E-state index >= 15 is 0 Å². The number of ether oxygens (including phenoxy) is 1. The summed E-state index contributed by atoms with van der Waals surface area (Å²) in [6.45, 7) is 2.89. The van der Waals surface area contributed by atoms with Gasteiger partial charge in [0.2, 0.25) is 5.91 Å². The maximum absolute atomic E-state index is 12.3. The van der Waals surface area contributed by atoms with Crippen LogP contribution in [0.3, 0.4) is 0 Å². The molecule has 0 spiro atoms. The van der Waals surface area contributed by atoms with Gasteiger partial charge in [-0.3, -0.25) is 9.59 Å². The van der Waals surface area contributed by atoms with Crippen LogP contribution in [0.25, 0.3) is 0 Å². The van der Waals surface area contributed by atoms with Gasteiger partial charge in [-0.1, -0.05) is 42.5 Å². The first-order valence-electron chi connectivity index (χ1n) is 8.97. The van der Waals surface area contributed by atoms with E-state index in [0.717, 1.165) is 12.8 Å². The topological polar surface area (TPSA) is 67.4 Å². The fourth-order valence-corrected chi connectivity index (χ4v) is 3.03. The lowest BCUT2D eigenvalue weighted by atomic mass is 9.96. The molecule has 1 aliphatic carbocycles. The summed E-state index contributed by atoms with van der Waals surface area (Å²) in [5.41, 5.74) is 1.75. The van der Waals surface area contributed by atoms with Crippen molar-refractivity contribution in [1.29, 1.82) is 0 Å². The molecule has 5 heteroatoms. The second kappa shape index (κ2) is 8.04. The average Bonchev–Trinajstić information content (AvgIpc) is 3.47. The Morgan fingerprint density at radius 3 is 2.38 bits per heavy atom. The van der Waals surface area contributed by atoms with Gasteiger partial charge < -0.3 is 15.4 Å². The van der Waals surface area contributed by atoms with Gasteiger partial charge in [0.15, 0.2) is 0 Å². The van der Waals surface area contributed by atoms with Crippen LogP contribution in [-0.4, -0.2) is 31.5 Å². The lowest BCUT2D eigenvalue weighted by Gasteiger charge is -2.17. The molecule has 0 aromatic heterocycles. The van der Waals surface area contributed by atoms with E-state index in [0.29, 0.717) is 24.5 Å². The third kappa shape index (κ3) is 4.23. The van der Waals surface area contributed by atoms with Crippen LogP contribution in [0.2, 0.25) is 0 Å². The minimum Gasteiger partial charge on any atom is -0.493 e. The highest BCUT2D eigenvalue weighted by Crippen LogP contribution is 2.47. The van der Waals surface area contributed by atoms with Gasteiger partial charge in [0.25, 0.3) is 5.91 Å². The minimum atomic E-state index is -0.312. The summed E-state index contributed by atoms with van der Waals surface area (Å²) in [5, 5.41) is 5.61. The van der Waals surface area contributed by atoms with Gasteiger partial charge in [0, 0.05) is 12.0 Å². The number of benzene rings is 2. The molecule has 1 aliphatic rings. The van der Waals surface area contributed by atoms with E-state index in [4.69, 9.17) is 4.74 Å². The quantitative estimate of drug-likeness (QED) is 0.767. The van der Waals surface area contributed by atoms with Crippen LogP contribution in [-0.2, 0) is 10.2 Å². The molecule has 0 radical (unpaired) electrons. The molecule has 0 unspecified atom stereocenters. The molecule has 3 rings (SSSR count). The summed E-state index contributed by atoms with van der Waals surface area (Å²) in [7, 11) is 0. The summed E-state index contributed by atoms with van der Waals surface area (Å²) in [5.74, 6) is 0.0248. The molecule has 2 aromatic rings. The van der Waals surface area contributed by atoms with E-state index in [1.54, 1.807) is 18.2 Å². The SMILES string of the molecule is CCOc1ccccc1C(=O)NCC(=O)NCC1(c2ccccc2)CC1. The Bertz CT molecular complexity index is 770. The average molecular weight is 352 g/mol. The molecule has 0 saturated heterocycles. The number of hydrogen-bond acceptors (Lipinski definition) is 3. The Morgan fingerprint density at radius 2 is 1.69 bits per heavy atom. The fourth-order valence-electron chi connectivity index (χ4n) is 3.03. The van der Waals surface area contributed by atoms with Crippen molar-refractivity contribution in [3.63, 3.8) is 0 Å². The molecule has 1 saturated carbocycles. The summed E-state index contributed by atoms with van der Waals surface area (Å²) in [6.07, 6.45) is 2.15. The molecule has 26 heavy (non-hydrogen) atoms. The molecule has 2 amide bonds. The van der Waals surface area contributed by atoms with Crippen molar-refractivity contribution in [2.24, 2.45) is 0 Å². The van der Waals surface area contributed by atoms with E-state index in [1.165, 1.54) is 5.56 Å². The number of para-hydroxylation sites is 1. The summed E-state index contributed by atoms with van der Waals surface area (Å²) in [4.78, 5) is 24.4. The first kappa shape index (κ1) is 18.0. The van der Waals surface area contributed by atoms with Crippen LogP contribution < -0.4 is 15.4 Å². The van der Waals surface area contributed by atoms with Gasteiger partial charge in [0.05, 0.1) is 18.7 Å². The Balaban J connectivity index is 1.50. The highest BCUT2D eigenvalue weighted by molar-refractivity contribution is 5.98. The number of hydrogen-bond donors (Lipinski definition) is 2. The van der Waals surface area contributed by atoms with E-state index in [9.17, 15) is 9.59 Å². The van der Waals surface area contributed by atoms with Crippen LogP contribution in [0, 0.1) is 0 Å². The molecule has 0 atom stereocenters. The monoisotopic (exact) mass is 352 g/mol. The lowest BCUT2D eigenvalue weighted by Crippen LogP contribution is -2.40. The van der Waals surface area contributed by atoms with Gasteiger partial charge in [0.1, 0.15) is 5.75 Å². The third-order valence-electron chi connectivity index (χ3n) is 4.70. The number of carbonyl (C=O) groups excluding carboxylic acids is 2. The second-order valence-corrected chi connectivity index (χ2v) is 6.53. The molecule has 1 fully saturated rings. The predicted octanol–water partition coefficient (Wildman–Crippen LogP) is 2.66. The Hall–Kier alpha value is -2.82. The first-order chi connectivity index (χ1) is 12.6. The van der Waals surface area contributed by atoms with Crippen molar-refractivity contribution in [1.82, 2.24) is 10.6 Å². The molecule has 136 valence electrons. The molecular formula is C21H24N2O3. The van der Waals surface area contributed by atoms with Crippen LogP contribution in [0.1, 0.15) is 35.7 Å². The van der Waals surface area contributed by atoms with Crippen LogP contribution >= 0.6 is 0 Å². The number of amides is 2. The number of carbonyl (C=O) groups is 2. The van der Waals surface area contributed by atoms with E-state index in [1.807, 2.05) is 31.2 Å². The highest BCUT2D eigenvalue weighted by Gasteiger charge is 2.44. The number of nitrogens with one attached hydrogen (secondary N) is 2. The summed E-state index contributed by atoms with van der Waals surface area (Å²) < 4.78 is 5.45. The molecule has 0 bridgehead atoms. The van der Waals surface area contributed by atoms with Crippen molar-refractivity contribution in [3.8, 4) is 5.75 Å². The summed E-state index contributed by atoms with van der Waals surface area (Å²) >= 11 is 0. The number of rotatable bonds is 8. The van der Waals surface area contributed by atoms with Gasteiger partial charge in [-0.25, -0.2) is 0 Å². The molecule has 5 nitrogen and oxygen atoms in total. The fraction of sp³-hybridized carbons (Fsp3) is 0.333. The van der Waals surface area contributed by atoms with Gasteiger partial charge in [-0.15, -0.1) is 0 Å². The van der Waals surface area contributed by atoms with Crippen molar-refractivity contribution in [2.45, 2.75) is 25.2 Å². The predicted molar refractivity (Wildman–Crippen MR) is 100 cm³/mol. The van der Waals surface area contributed by atoms with Gasteiger partial charge >= 0.3 is 0 Å². The third-order valence-corrected chi connectivity index (χ3v) is 4.70. The molecule has 0 heterocycles. The first-order valence-corrected chi connectivity index (χ1v) is 8.97. The Kier molecular flexibility index (Phi) is 5.56. The van der Waals surface area contributed by atoms with E-state index in [2.05, 4.69) is 22.8 Å². The normalized spacial score (nSPS) is 14.3. The smallest absolute Gasteiger partial charge is 0.255 e. The minimum absolute atomic E-state index is 0.0514. The lowest BCUT2D eigenvalue weighted by molar-refractivity contribution is -0.120. The van der Waals surface area contributed by atoms with Crippen molar-refractivity contribution in [2.75, 3.05) is 19.7 Å². The molecule has 2 aromatic carbocycles. The van der Waals surface area contributed by atoms with Crippen molar-refractivity contribution >= 4 is 11.8 Å². The highest BCUT2D eigenvalue weighted by atomic mass is 16.5. The Labute approximate surface area is 153 Å². The zero-order chi connectivity index (χ0) is 18.4. The van der Waals surface area contributed by atoms with E-state index < -0.39 is 0 Å². The van der Waals surface area contributed by atoms with Crippen molar-refractivity contribution in [3.05, 3.63) is 65.7 Å². The second-order valence-electron chi connectivity index (χ2n) is 6.53. The molecule has 0 aliphatic heterocycles. The van der Waals surface area contributed by atoms with E-state index in [-0.39, 0.29) is 23.8 Å². The van der Waals surface area contributed by atoms with Gasteiger partial charge in [-0.2, -0.15) is 0 Å². The maximum Gasteiger partial charge on any atom is 0.255 e. The summed E-state index contributed by atoms with van der Waals surface area (Å²) in [6, 6.07) is 17.3. The standard InChI is InChI=1S/C21H24N2O3/c1-2-26-18-11-7-6-10-17(18)20(25)22-14-19(24)23-15-21(12-13-21)16-8-4-3-5-9-16/h3-11H,2,12-15H2,1H3,(H,22,25)(H,23,24). The van der Waals surface area contributed by atoms with Crippen molar-refractivity contribution < 1.29 is 14.3 Å². The Morgan fingerprint density at radius 1 is 1.00 bits per heavy atom. The van der Waals surface area contributed by atoms with Crippen LogP contribution in [0.4, 0.5) is 0 Å². The van der Waals surface area contributed by atoms with Gasteiger partial charge in [-0.05, 0) is 37.5 Å². The molecular weight excluding hydrogens is 328 g/mol.